The first-order chi connectivity index (χ1) is 7.12. The predicted octanol–water partition coefficient (Wildman–Crippen LogP) is 1.94. The standard InChI is InChI=1S/C11H19NO2S/c1-4-10(13)12-9-5-8-15-11(9,2)6-7-14-3/h5,8-9H,4,6-7H2,1-3H3,(H,12,13). The molecule has 0 bridgehead atoms. The Morgan fingerprint density at radius 1 is 1.67 bits per heavy atom. The molecule has 0 aromatic carbocycles. The van der Waals surface area contributed by atoms with Crippen molar-refractivity contribution in [1.29, 1.82) is 0 Å². The van der Waals surface area contributed by atoms with E-state index >= 15 is 0 Å². The number of hydrogen-bond donors (Lipinski definition) is 1. The quantitative estimate of drug-likeness (QED) is 0.783. The molecule has 15 heavy (non-hydrogen) atoms. The number of carbonyl (C=O) groups is 1. The van der Waals surface area contributed by atoms with Crippen molar-refractivity contribution in [2.45, 2.75) is 37.5 Å². The van der Waals surface area contributed by atoms with Gasteiger partial charge < -0.3 is 10.1 Å². The Morgan fingerprint density at radius 3 is 3.00 bits per heavy atom. The van der Waals surface area contributed by atoms with E-state index in [0.717, 1.165) is 13.0 Å². The van der Waals surface area contributed by atoms with Gasteiger partial charge in [-0.25, -0.2) is 0 Å². The van der Waals surface area contributed by atoms with E-state index in [-0.39, 0.29) is 16.7 Å². The monoisotopic (exact) mass is 229 g/mol. The van der Waals surface area contributed by atoms with Crippen molar-refractivity contribution in [3.8, 4) is 0 Å². The highest BCUT2D eigenvalue weighted by Gasteiger charge is 2.36. The van der Waals surface area contributed by atoms with Gasteiger partial charge in [0.1, 0.15) is 0 Å². The Kier molecular flexibility index (Phi) is 4.67. The molecule has 0 saturated carbocycles. The lowest BCUT2D eigenvalue weighted by Crippen LogP contribution is -2.46. The summed E-state index contributed by atoms with van der Waals surface area (Å²) in [5.74, 6) is 0.107. The molecule has 1 heterocycles. The first-order valence-corrected chi connectivity index (χ1v) is 6.13. The van der Waals surface area contributed by atoms with Gasteiger partial charge in [0, 0.05) is 24.9 Å². The van der Waals surface area contributed by atoms with Gasteiger partial charge in [0.2, 0.25) is 5.91 Å². The van der Waals surface area contributed by atoms with Crippen LogP contribution in [0.25, 0.3) is 0 Å². The second-order valence-corrected chi connectivity index (χ2v) is 5.34. The maximum atomic E-state index is 11.3. The number of thioether (sulfide) groups is 1. The third-order valence-corrected chi connectivity index (χ3v) is 4.00. The number of hydrogen-bond acceptors (Lipinski definition) is 3. The zero-order valence-corrected chi connectivity index (χ0v) is 10.4. The zero-order valence-electron chi connectivity index (χ0n) is 9.58. The van der Waals surface area contributed by atoms with Crippen LogP contribution in [-0.4, -0.2) is 30.4 Å². The molecule has 0 aromatic heterocycles. The van der Waals surface area contributed by atoms with Crippen molar-refractivity contribution in [3.63, 3.8) is 0 Å². The molecule has 4 heteroatoms. The van der Waals surface area contributed by atoms with Gasteiger partial charge >= 0.3 is 0 Å². The number of rotatable bonds is 5. The maximum Gasteiger partial charge on any atom is 0.220 e. The lowest BCUT2D eigenvalue weighted by molar-refractivity contribution is -0.121. The lowest BCUT2D eigenvalue weighted by atomic mass is 9.97. The summed E-state index contributed by atoms with van der Waals surface area (Å²) in [4.78, 5) is 11.3. The molecule has 0 aromatic rings. The van der Waals surface area contributed by atoms with Crippen LogP contribution >= 0.6 is 11.8 Å². The molecule has 0 saturated heterocycles. The molecule has 2 unspecified atom stereocenters. The van der Waals surface area contributed by atoms with E-state index in [1.807, 2.05) is 6.92 Å². The van der Waals surface area contributed by atoms with E-state index in [9.17, 15) is 4.79 Å². The molecule has 1 aliphatic rings. The smallest absolute Gasteiger partial charge is 0.220 e. The largest absolute Gasteiger partial charge is 0.385 e. The highest BCUT2D eigenvalue weighted by molar-refractivity contribution is 8.03. The molecule has 0 radical (unpaired) electrons. The Hall–Kier alpha value is -0.480. The third kappa shape index (κ3) is 3.24. The van der Waals surface area contributed by atoms with Crippen LogP contribution in [0.5, 0.6) is 0 Å². The van der Waals surface area contributed by atoms with Crippen LogP contribution in [-0.2, 0) is 9.53 Å². The van der Waals surface area contributed by atoms with E-state index < -0.39 is 0 Å². The summed E-state index contributed by atoms with van der Waals surface area (Å²) in [5.41, 5.74) is 0. The number of methoxy groups -OCH3 is 1. The van der Waals surface area contributed by atoms with Gasteiger partial charge in [-0.3, -0.25) is 4.79 Å². The summed E-state index contributed by atoms with van der Waals surface area (Å²) in [6, 6.07) is 0.130. The van der Waals surface area contributed by atoms with Crippen LogP contribution < -0.4 is 5.32 Å². The van der Waals surface area contributed by atoms with Gasteiger partial charge in [0.25, 0.3) is 0 Å². The topological polar surface area (TPSA) is 38.3 Å². The second kappa shape index (κ2) is 5.56. The summed E-state index contributed by atoms with van der Waals surface area (Å²) in [5, 5.41) is 5.09. The average Bonchev–Trinajstić information content (AvgIpc) is 2.58. The van der Waals surface area contributed by atoms with Crippen LogP contribution in [0.4, 0.5) is 0 Å². The summed E-state index contributed by atoms with van der Waals surface area (Å²) < 4.78 is 5.14. The van der Waals surface area contributed by atoms with Crippen LogP contribution in [0.2, 0.25) is 0 Å². The molecular weight excluding hydrogens is 210 g/mol. The fraction of sp³-hybridized carbons (Fsp3) is 0.727. The average molecular weight is 229 g/mol. The Balaban J connectivity index is 2.53. The lowest BCUT2D eigenvalue weighted by Gasteiger charge is -2.30. The van der Waals surface area contributed by atoms with Crippen molar-refractivity contribution in [2.24, 2.45) is 0 Å². The van der Waals surface area contributed by atoms with Crippen LogP contribution in [0.1, 0.15) is 26.7 Å². The normalized spacial score (nSPS) is 29.4. The number of carbonyl (C=O) groups excluding carboxylic acids is 1. The fourth-order valence-electron chi connectivity index (χ4n) is 1.55. The van der Waals surface area contributed by atoms with Crippen molar-refractivity contribution < 1.29 is 9.53 Å². The molecule has 2 atom stereocenters. The molecule has 1 rings (SSSR count). The SMILES string of the molecule is CCC(=O)NC1C=CSC1(C)CCOC. The van der Waals surface area contributed by atoms with Crippen molar-refractivity contribution in [2.75, 3.05) is 13.7 Å². The Bertz CT molecular complexity index is 255. The zero-order chi connectivity index (χ0) is 11.3. The molecule has 0 spiro atoms. The van der Waals surface area contributed by atoms with Crippen molar-refractivity contribution in [1.82, 2.24) is 5.32 Å². The van der Waals surface area contributed by atoms with Crippen LogP contribution in [0.15, 0.2) is 11.5 Å². The number of ether oxygens (including phenoxy) is 1. The Labute approximate surface area is 95.6 Å². The van der Waals surface area contributed by atoms with Crippen molar-refractivity contribution in [3.05, 3.63) is 11.5 Å². The Morgan fingerprint density at radius 2 is 2.40 bits per heavy atom. The minimum absolute atomic E-state index is 0.0425. The van der Waals surface area contributed by atoms with Crippen LogP contribution in [0.3, 0.4) is 0 Å². The van der Waals surface area contributed by atoms with E-state index in [4.69, 9.17) is 4.74 Å². The van der Waals surface area contributed by atoms with Crippen molar-refractivity contribution >= 4 is 17.7 Å². The van der Waals surface area contributed by atoms with E-state index in [1.165, 1.54) is 0 Å². The minimum atomic E-state index is 0.0425. The summed E-state index contributed by atoms with van der Waals surface area (Å²) >= 11 is 1.77. The molecule has 86 valence electrons. The van der Waals surface area contributed by atoms with Gasteiger partial charge in [-0.2, -0.15) is 0 Å². The van der Waals surface area contributed by atoms with Gasteiger partial charge in [0.15, 0.2) is 0 Å². The highest BCUT2D eigenvalue weighted by Crippen LogP contribution is 2.39. The summed E-state index contributed by atoms with van der Waals surface area (Å²) in [7, 11) is 1.70. The first-order valence-electron chi connectivity index (χ1n) is 5.25. The maximum absolute atomic E-state index is 11.3. The highest BCUT2D eigenvalue weighted by atomic mass is 32.2. The molecule has 0 fully saturated rings. The molecular formula is C11H19NO2S. The fourth-order valence-corrected chi connectivity index (χ4v) is 2.58. The van der Waals surface area contributed by atoms with Gasteiger partial charge in [-0.1, -0.05) is 13.0 Å². The van der Waals surface area contributed by atoms with Crippen LogP contribution in [0, 0.1) is 0 Å². The van der Waals surface area contributed by atoms with Gasteiger partial charge in [0.05, 0.1) is 6.04 Å². The van der Waals surface area contributed by atoms with Gasteiger partial charge in [-0.15, -0.1) is 11.8 Å². The van der Waals surface area contributed by atoms with E-state index in [0.29, 0.717) is 6.42 Å². The third-order valence-electron chi connectivity index (χ3n) is 2.71. The molecule has 1 N–H and O–H groups in total. The summed E-state index contributed by atoms with van der Waals surface area (Å²) in [6.45, 7) is 4.76. The minimum Gasteiger partial charge on any atom is -0.385 e. The molecule has 1 aliphatic heterocycles. The van der Waals surface area contributed by atoms with E-state index in [1.54, 1.807) is 18.9 Å². The first kappa shape index (κ1) is 12.6. The van der Waals surface area contributed by atoms with E-state index in [2.05, 4.69) is 23.7 Å². The molecule has 0 aliphatic carbocycles. The predicted molar refractivity (Wildman–Crippen MR) is 63.9 cm³/mol. The molecule has 3 nitrogen and oxygen atoms in total. The summed E-state index contributed by atoms with van der Waals surface area (Å²) in [6.07, 6.45) is 3.54. The second-order valence-electron chi connectivity index (χ2n) is 3.90. The molecule has 1 amide bonds. The number of amides is 1. The van der Waals surface area contributed by atoms with Gasteiger partial charge in [-0.05, 0) is 18.8 Å². The number of nitrogens with one attached hydrogen (secondary N) is 1.